The zero-order chi connectivity index (χ0) is 28.6. The molecule has 3 aliphatic carbocycles. The average molecular weight is 669 g/mol. The molecule has 0 aromatic heterocycles. The molecule has 0 unspecified atom stereocenters. The van der Waals surface area contributed by atoms with Gasteiger partial charge < -0.3 is 15.3 Å². The predicted octanol–water partition coefficient (Wildman–Crippen LogP) is 4.53. The lowest BCUT2D eigenvalue weighted by Gasteiger charge is -2.42. The van der Waals surface area contributed by atoms with Gasteiger partial charge in [-0.2, -0.15) is 0 Å². The molecule has 0 spiro atoms. The summed E-state index contributed by atoms with van der Waals surface area (Å²) in [6, 6.07) is 8.28. The fraction of sp³-hybridized carbons (Fsp3) is 0.207. The number of carboxylic acids is 1. The number of carbonyl (C=O) groups excluding carboxylic acids is 4. The molecular weight excluding hydrogens is 650 g/mol. The highest BCUT2D eigenvalue weighted by molar-refractivity contribution is 9.12. The summed E-state index contributed by atoms with van der Waals surface area (Å²) in [6.45, 7) is 0. The van der Waals surface area contributed by atoms with Crippen molar-refractivity contribution in [2.75, 3.05) is 4.90 Å². The van der Waals surface area contributed by atoms with Crippen LogP contribution in [0.3, 0.4) is 0 Å². The molecule has 1 heterocycles. The molecular formula is C29H19Br2NO8. The van der Waals surface area contributed by atoms with E-state index in [1.165, 1.54) is 18.2 Å². The molecule has 1 saturated heterocycles. The van der Waals surface area contributed by atoms with Crippen LogP contribution >= 0.6 is 31.9 Å². The van der Waals surface area contributed by atoms with Crippen LogP contribution in [0.15, 0.2) is 74.2 Å². The Hall–Kier alpha value is -3.83. The van der Waals surface area contributed by atoms with E-state index in [0.29, 0.717) is 15.6 Å². The highest BCUT2D eigenvalue weighted by Crippen LogP contribution is 2.56. The number of benzene rings is 2. The van der Waals surface area contributed by atoms with Crippen molar-refractivity contribution in [3.63, 3.8) is 0 Å². The number of phenols is 2. The lowest BCUT2D eigenvalue weighted by Crippen LogP contribution is -2.39. The number of aromatic hydroxyl groups is 2. The van der Waals surface area contributed by atoms with Crippen LogP contribution in [0.2, 0.25) is 0 Å². The van der Waals surface area contributed by atoms with Gasteiger partial charge in [-0.25, -0.2) is 9.69 Å². The molecule has 1 fully saturated rings. The minimum absolute atomic E-state index is 0.0416. The van der Waals surface area contributed by atoms with Crippen molar-refractivity contribution < 1.29 is 39.3 Å². The number of aromatic carboxylic acids is 1. The van der Waals surface area contributed by atoms with Gasteiger partial charge in [-0.05, 0) is 65.0 Å². The van der Waals surface area contributed by atoms with E-state index in [9.17, 15) is 39.3 Å². The maximum atomic E-state index is 13.9. The molecule has 0 saturated carbocycles. The minimum Gasteiger partial charge on any atom is -0.508 e. The molecule has 6 rings (SSSR count). The number of fused-ring (bicyclic) bond motifs is 3. The van der Waals surface area contributed by atoms with Crippen LogP contribution in [0.1, 0.15) is 34.7 Å². The van der Waals surface area contributed by atoms with E-state index in [4.69, 9.17) is 0 Å². The quantitative estimate of drug-likeness (QED) is 0.246. The third kappa shape index (κ3) is 3.82. The van der Waals surface area contributed by atoms with Gasteiger partial charge in [-0.15, -0.1) is 0 Å². The highest BCUT2D eigenvalue weighted by Gasteiger charge is 2.57. The Bertz CT molecular complexity index is 1690. The standard InChI is InChI=1S/C29H19Br2NO8/c30-11-1-6-20(33)17(7-11)23-13-4-5-15-24(16(13)9-18-25(23)22(35)10-19(31)26(18)36)28(38)32(27(15)37)12-2-3-14(29(39)40)21(34)8-12/h1-4,6-8,10,15-16,23-24,33-34H,5,9H2,(H,39,40)/t15-,16+,23+,24-/m0/s1. The first-order valence-electron chi connectivity index (χ1n) is 12.3. The summed E-state index contributed by atoms with van der Waals surface area (Å²) < 4.78 is 0.741. The van der Waals surface area contributed by atoms with Crippen LogP contribution < -0.4 is 4.90 Å². The normalized spacial score (nSPS) is 25.8. The number of carbonyl (C=O) groups is 5. The molecule has 1 aliphatic heterocycles. The van der Waals surface area contributed by atoms with E-state index in [2.05, 4.69) is 31.9 Å². The SMILES string of the molecule is O=C1C=C(Br)C(=O)C2=C1[C@@H](c1cc(Br)ccc1O)C1=CC[C@@H]3C(=O)N(c4ccc(C(=O)O)c(O)c4)C(=O)[C@@H]3[C@@H]1C2. The van der Waals surface area contributed by atoms with Crippen LogP contribution in [0, 0.1) is 17.8 Å². The number of amides is 2. The van der Waals surface area contributed by atoms with Gasteiger partial charge in [-0.1, -0.05) is 27.6 Å². The Balaban J connectivity index is 1.48. The molecule has 11 heteroatoms. The number of nitrogens with zero attached hydrogens (tertiary/aromatic N) is 1. The van der Waals surface area contributed by atoms with E-state index in [1.807, 2.05) is 6.08 Å². The first-order valence-corrected chi connectivity index (χ1v) is 13.9. The van der Waals surface area contributed by atoms with Crippen molar-refractivity contribution in [3.8, 4) is 11.5 Å². The number of anilines is 1. The number of phenolic OH excluding ortho intramolecular Hbond substituents is 1. The molecule has 2 amide bonds. The number of hydrogen-bond donors (Lipinski definition) is 3. The molecule has 40 heavy (non-hydrogen) atoms. The monoisotopic (exact) mass is 667 g/mol. The Labute approximate surface area is 243 Å². The number of carboxylic acid groups (broad SMARTS) is 1. The highest BCUT2D eigenvalue weighted by atomic mass is 79.9. The topological polar surface area (TPSA) is 149 Å². The zero-order valence-electron chi connectivity index (χ0n) is 20.4. The van der Waals surface area contributed by atoms with Gasteiger partial charge in [0, 0.05) is 39.2 Å². The number of ketones is 2. The Morgan fingerprint density at radius 3 is 2.38 bits per heavy atom. The molecule has 4 atom stereocenters. The average Bonchev–Trinajstić information content (AvgIpc) is 3.17. The third-order valence-electron chi connectivity index (χ3n) is 8.10. The second-order valence-corrected chi connectivity index (χ2v) is 11.9. The van der Waals surface area contributed by atoms with Crippen molar-refractivity contribution in [1.82, 2.24) is 0 Å². The van der Waals surface area contributed by atoms with Crippen molar-refractivity contribution in [3.05, 3.63) is 85.4 Å². The number of hydrogen-bond acceptors (Lipinski definition) is 7. The summed E-state index contributed by atoms with van der Waals surface area (Å²) in [5.74, 6) is -6.88. The number of Topliss-reactive ketones (excluding diaryl/α,β-unsaturated/α-hetero) is 1. The minimum atomic E-state index is -1.36. The summed E-state index contributed by atoms with van der Waals surface area (Å²) in [5, 5.41) is 30.3. The Morgan fingerprint density at radius 1 is 0.925 bits per heavy atom. The van der Waals surface area contributed by atoms with E-state index in [0.717, 1.165) is 17.0 Å². The van der Waals surface area contributed by atoms with E-state index < -0.39 is 53.0 Å². The second kappa shape index (κ2) is 9.38. The Kier molecular flexibility index (Phi) is 6.19. The number of halogens is 2. The zero-order valence-corrected chi connectivity index (χ0v) is 23.6. The van der Waals surface area contributed by atoms with Gasteiger partial charge in [0.25, 0.3) is 0 Å². The largest absolute Gasteiger partial charge is 0.508 e. The first kappa shape index (κ1) is 26.4. The summed E-state index contributed by atoms with van der Waals surface area (Å²) in [7, 11) is 0. The molecule has 2 aromatic rings. The maximum absolute atomic E-state index is 13.9. The fourth-order valence-electron chi connectivity index (χ4n) is 6.41. The van der Waals surface area contributed by atoms with Gasteiger partial charge in [0.15, 0.2) is 11.6 Å². The van der Waals surface area contributed by atoms with Crippen molar-refractivity contribution in [2.45, 2.75) is 18.8 Å². The molecule has 3 N–H and O–H groups in total. The summed E-state index contributed by atoms with van der Waals surface area (Å²) >= 11 is 6.59. The smallest absolute Gasteiger partial charge is 0.339 e. The van der Waals surface area contributed by atoms with E-state index in [1.54, 1.807) is 12.1 Å². The van der Waals surface area contributed by atoms with Crippen LogP contribution in [0.25, 0.3) is 0 Å². The van der Waals surface area contributed by atoms with Crippen LogP contribution in [0.4, 0.5) is 5.69 Å². The van der Waals surface area contributed by atoms with Crippen molar-refractivity contribution in [1.29, 1.82) is 0 Å². The van der Waals surface area contributed by atoms with Gasteiger partial charge in [0.2, 0.25) is 11.8 Å². The lowest BCUT2D eigenvalue weighted by atomic mass is 9.59. The van der Waals surface area contributed by atoms with Crippen molar-refractivity contribution >= 4 is 66.9 Å². The summed E-state index contributed by atoms with van der Waals surface area (Å²) in [4.78, 5) is 66.3. The molecule has 0 radical (unpaired) electrons. The van der Waals surface area contributed by atoms with Crippen LogP contribution in [-0.4, -0.2) is 44.7 Å². The predicted molar refractivity (Wildman–Crippen MR) is 148 cm³/mol. The fourth-order valence-corrected chi connectivity index (χ4v) is 7.24. The molecule has 202 valence electrons. The molecule has 9 nitrogen and oxygen atoms in total. The van der Waals surface area contributed by atoms with Crippen LogP contribution in [0.5, 0.6) is 11.5 Å². The lowest BCUT2D eigenvalue weighted by molar-refractivity contribution is -0.123. The van der Waals surface area contributed by atoms with Gasteiger partial charge >= 0.3 is 5.97 Å². The third-order valence-corrected chi connectivity index (χ3v) is 9.18. The van der Waals surface area contributed by atoms with Gasteiger partial charge in [0.05, 0.1) is 22.0 Å². The second-order valence-electron chi connectivity index (χ2n) is 10.1. The summed E-state index contributed by atoms with van der Waals surface area (Å²) in [5.41, 5.74) is 1.21. The molecule has 2 aromatic carbocycles. The number of rotatable bonds is 3. The Morgan fingerprint density at radius 2 is 1.68 bits per heavy atom. The number of imide groups is 1. The van der Waals surface area contributed by atoms with E-state index in [-0.39, 0.29) is 51.3 Å². The first-order chi connectivity index (χ1) is 19.0. The summed E-state index contributed by atoms with van der Waals surface area (Å²) in [6.07, 6.45) is 3.28. The maximum Gasteiger partial charge on any atom is 0.339 e. The van der Waals surface area contributed by atoms with Crippen molar-refractivity contribution in [2.24, 2.45) is 17.8 Å². The van der Waals surface area contributed by atoms with E-state index >= 15 is 0 Å². The molecule has 0 bridgehead atoms. The van der Waals surface area contributed by atoms with Crippen LogP contribution in [-0.2, 0) is 19.2 Å². The van der Waals surface area contributed by atoms with Gasteiger partial charge in [-0.3, -0.25) is 19.2 Å². The number of allylic oxidation sites excluding steroid dienone is 6. The van der Waals surface area contributed by atoms with Gasteiger partial charge in [0.1, 0.15) is 17.1 Å². The molecule has 4 aliphatic rings.